The largest absolute Gasteiger partial charge is 0.484 e. The average molecular weight is 325 g/mol. The predicted molar refractivity (Wildman–Crippen MR) is 92.5 cm³/mol. The molecular weight excluding hydrogens is 306 g/mol. The highest BCUT2D eigenvalue weighted by Gasteiger charge is 2.05. The van der Waals surface area contributed by atoms with Gasteiger partial charge in [0.15, 0.2) is 6.61 Å². The number of carbonyl (C=O) groups is 2. The number of anilines is 1. The quantitative estimate of drug-likeness (QED) is 0.827. The summed E-state index contributed by atoms with van der Waals surface area (Å²) in [5.41, 5.74) is 1.49. The van der Waals surface area contributed by atoms with Crippen molar-refractivity contribution in [1.82, 2.24) is 9.88 Å². The van der Waals surface area contributed by atoms with Crippen LogP contribution in [0.1, 0.15) is 5.56 Å². The molecule has 0 aliphatic heterocycles. The van der Waals surface area contributed by atoms with E-state index in [4.69, 9.17) is 4.74 Å². The third kappa shape index (κ3) is 5.57. The molecule has 6 heteroatoms. The van der Waals surface area contributed by atoms with Crippen molar-refractivity contribution in [1.29, 1.82) is 0 Å². The molecule has 6 nitrogen and oxygen atoms in total. The van der Waals surface area contributed by atoms with E-state index in [2.05, 4.69) is 10.3 Å². The zero-order valence-electron chi connectivity index (χ0n) is 13.6. The number of amides is 2. The van der Waals surface area contributed by atoms with Gasteiger partial charge in [-0.1, -0.05) is 6.07 Å². The molecule has 0 spiro atoms. The van der Waals surface area contributed by atoms with Crippen LogP contribution in [0.2, 0.25) is 0 Å². The lowest BCUT2D eigenvalue weighted by Crippen LogP contribution is -2.27. The van der Waals surface area contributed by atoms with Crippen molar-refractivity contribution in [3.05, 3.63) is 60.4 Å². The van der Waals surface area contributed by atoms with Gasteiger partial charge in [-0.3, -0.25) is 14.6 Å². The molecule has 2 rings (SSSR count). The van der Waals surface area contributed by atoms with E-state index in [0.717, 1.165) is 5.56 Å². The van der Waals surface area contributed by atoms with E-state index in [1.165, 1.54) is 11.0 Å². The van der Waals surface area contributed by atoms with Crippen LogP contribution in [-0.4, -0.2) is 42.4 Å². The predicted octanol–water partition coefficient (Wildman–Crippen LogP) is 2.20. The summed E-state index contributed by atoms with van der Waals surface area (Å²) in [6.45, 7) is -0.0213. The van der Waals surface area contributed by atoms with E-state index in [1.54, 1.807) is 62.9 Å². The molecule has 0 fully saturated rings. The summed E-state index contributed by atoms with van der Waals surface area (Å²) >= 11 is 0. The smallest absolute Gasteiger partial charge is 0.259 e. The first kappa shape index (κ1) is 17.2. The second-order valence-corrected chi connectivity index (χ2v) is 5.21. The van der Waals surface area contributed by atoms with E-state index in [9.17, 15) is 9.59 Å². The topological polar surface area (TPSA) is 71.5 Å². The summed E-state index contributed by atoms with van der Waals surface area (Å²) in [5, 5.41) is 2.75. The molecule has 1 aromatic heterocycles. The molecule has 0 saturated carbocycles. The Balaban J connectivity index is 1.86. The number of aromatic nitrogens is 1. The number of hydrogen-bond acceptors (Lipinski definition) is 4. The van der Waals surface area contributed by atoms with E-state index in [0.29, 0.717) is 11.4 Å². The molecule has 0 aliphatic carbocycles. The fourth-order valence-electron chi connectivity index (χ4n) is 1.74. The molecule has 0 bridgehead atoms. The van der Waals surface area contributed by atoms with E-state index >= 15 is 0 Å². The minimum atomic E-state index is -0.240. The van der Waals surface area contributed by atoms with Gasteiger partial charge in [-0.25, -0.2) is 0 Å². The first-order chi connectivity index (χ1) is 11.5. The molecule has 124 valence electrons. The van der Waals surface area contributed by atoms with Gasteiger partial charge in [0.2, 0.25) is 5.91 Å². The highest BCUT2D eigenvalue weighted by Crippen LogP contribution is 2.15. The number of carbonyl (C=O) groups excluding carboxylic acids is 2. The molecule has 2 aromatic rings. The minimum absolute atomic E-state index is 0.0213. The minimum Gasteiger partial charge on any atom is -0.484 e. The Hall–Kier alpha value is -3.15. The van der Waals surface area contributed by atoms with Crippen LogP contribution >= 0.6 is 0 Å². The molecule has 0 saturated heterocycles. The maximum absolute atomic E-state index is 11.9. The van der Waals surface area contributed by atoms with Crippen LogP contribution in [0.5, 0.6) is 5.75 Å². The zero-order valence-corrected chi connectivity index (χ0v) is 13.6. The summed E-state index contributed by atoms with van der Waals surface area (Å²) in [5.74, 6) is 0.206. The Kier molecular flexibility index (Phi) is 6.08. The Labute approximate surface area is 140 Å². The molecular formula is C18H19N3O3. The van der Waals surface area contributed by atoms with Crippen molar-refractivity contribution in [2.45, 2.75) is 0 Å². The van der Waals surface area contributed by atoms with Gasteiger partial charge in [0.25, 0.3) is 5.91 Å². The summed E-state index contributed by atoms with van der Waals surface area (Å²) in [4.78, 5) is 28.7. The molecule has 0 aliphatic rings. The summed E-state index contributed by atoms with van der Waals surface area (Å²) in [6.07, 6.45) is 6.47. The Morgan fingerprint density at radius 2 is 1.96 bits per heavy atom. The van der Waals surface area contributed by atoms with Gasteiger partial charge in [-0.15, -0.1) is 0 Å². The fraction of sp³-hybridized carbons (Fsp3) is 0.167. The number of nitrogens with one attached hydrogen (secondary N) is 1. The molecule has 1 heterocycles. The van der Waals surface area contributed by atoms with Crippen LogP contribution in [-0.2, 0) is 9.59 Å². The monoisotopic (exact) mass is 325 g/mol. The lowest BCUT2D eigenvalue weighted by atomic mass is 10.2. The summed E-state index contributed by atoms with van der Waals surface area (Å²) in [6, 6.07) is 10.5. The maximum atomic E-state index is 11.9. The van der Waals surface area contributed by atoms with Gasteiger partial charge in [0.1, 0.15) is 5.75 Å². The number of likely N-dealkylation sites (N-methyl/N-ethyl adjacent to an activating group) is 1. The van der Waals surface area contributed by atoms with E-state index < -0.39 is 0 Å². The molecule has 0 unspecified atom stereocenters. The zero-order chi connectivity index (χ0) is 17.4. The standard InChI is InChI=1S/C18H19N3O3/c1-21(2)18(23)13-24-16-8-6-15(7-9-16)20-17(22)10-5-14-4-3-11-19-12-14/h3-12H,13H2,1-2H3,(H,20,22)/b10-5+. The van der Waals surface area contributed by atoms with Crippen LogP contribution < -0.4 is 10.1 Å². The lowest BCUT2D eigenvalue weighted by Gasteiger charge is -2.11. The van der Waals surface area contributed by atoms with Gasteiger partial charge in [-0.2, -0.15) is 0 Å². The van der Waals surface area contributed by atoms with Crippen LogP contribution in [0.3, 0.4) is 0 Å². The number of benzene rings is 1. The van der Waals surface area contributed by atoms with E-state index in [1.807, 2.05) is 6.07 Å². The highest BCUT2D eigenvalue weighted by molar-refractivity contribution is 6.01. The number of ether oxygens (including phenoxy) is 1. The second-order valence-electron chi connectivity index (χ2n) is 5.21. The normalized spacial score (nSPS) is 10.4. The number of pyridine rings is 1. The van der Waals surface area contributed by atoms with Crippen LogP contribution in [0.4, 0.5) is 5.69 Å². The van der Waals surface area contributed by atoms with Crippen LogP contribution in [0.25, 0.3) is 6.08 Å². The SMILES string of the molecule is CN(C)C(=O)COc1ccc(NC(=O)/C=C/c2cccnc2)cc1. The Bertz CT molecular complexity index is 710. The van der Waals surface area contributed by atoms with Crippen molar-refractivity contribution in [3.63, 3.8) is 0 Å². The fourth-order valence-corrected chi connectivity index (χ4v) is 1.74. The van der Waals surface area contributed by atoms with Gasteiger partial charge >= 0.3 is 0 Å². The average Bonchev–Trinajstić information content (AvgIpc) is 2.60. The molecule has 0 atom stereocenters. The maximum Gasteiger partial charge on any atom is 0.259 e. The molecule has 1 aromatic carbocycles. The van der Waals surface area contributed by atoms with Gasteiger partial charge in [-0.05, 0) is 42.0 Å². The van der Waals surface area contributed by atoms with Gasteiger partial charge in [0, 0.05) is 38.3 Å². The summed E-state index contributed by atoms with van der Waals surface area (Å²) in [7, 11) is 3.34. The number of nitrogens with zero attached hydrogens (tertiary/aromatic N) is 2. The molecule has 1 N–H and O–H groups in total. The van der Waals surface area contributed by atoms with Crippen molar-refractivity contribution < 1.29 is 14.3 Å². The van der Waals surface area contributed by atoms with Crippen molar-refractivity contribution in [3.8, 4) is 5.75 Å². The van der Waals surface area contributed by atoms with Crippen molar-refractivity contribution >= 4 is 23.6 Å². The van der Waals surface area contributed by atoms with Gasteiger partial charge in [0.05, 0.1) is 0 Å². The van der Waals surface area contributed by atoms with E-state index in [-0.39, 0.29) is 18.4 Å². The Morgan fingerprint density at radius 3 is 2.58 bits per heavy atom. The number of rotatable bonds is 6. The lowest BCUT2D eigenvalue weighted by molar-refractivity contribution is -0.130. The Morgan fingerprint density at radius 1 is 1.21 bits per heavy atom. The van der Waals surface area contributed by atoms with Crippen molar-refractivity contribution in [2.75, 3.05) is 26.0 Å². The molecule has 0 radical (unpaired) electrons. The second kappa shape index (κ2) is 8.47. The van der Waals surface area contributed by atoms with Gasteiger partial charge < -0.3 is 15.0 Å². The van der Waals surface area contributed by atoms with Crippen LogP contribution in [0.15, 0.2) is 54.9 Å². The highest BCUT2D eigenvalue weighted by atomic mass is 16.5. The number of hydrogen-bond donors (Lipinski definition) is 1. The molecule has 24 heavy (non-hydrogen) atoms. The van der Waals surface area contributed by atoms with Crippen molar-refractivity contribution in [2.24, 2.45) is 0 Å². The first-order valence-electron chi connectivity index (χ1n) is 7.37. The van der Waals surface area contributed by atoms with Crippen LogP contribution in [0, 0.1) is 0 Å². The third-order valence-electron chi connectivity index (χ3n) is 3.09. The first-order valence-corrected chi connectivity index (χ1v) is 7.37. The molecule has 2 amide bonds. The third-order valence-corrected chi connectivity index (χ3v) is 3.09. The summed E-state index contributed by atoms with van der Waals surface area (Å²) < 4.78 is 5.37.